The van der Waals surface area contributed by atoms with Crippen molar-refractivity contribution in [1.82, 2.24) is 0 Å². The lowest BCUT2D eigenvalue weighted by Gasteiger charge is -2.17. The molecular formula is C13H17O5S-. The molecular weight excluding hydrogens is 268 g/mol. The van der Waals surface area contributed by atoms with Gasteiger partial charge in [-0.1, -0.05) is 43.7 Å². The molecule has 1 aromatic rings. The molecule has 1 rings (SSSR count). The van der Waals surface area contributed by atoms with Gasteiger partial charge in [0.2, 0.25) is 0 Å². The Bertz CT molecular complexity index is 407. The molecule has 5 nitrogen and oxygen atoms in total. The highest BCUT2D eigenvalue weighted by molar-refractivity contribution is 7.74. The monoisotopic (exact) mass is 285 g/mol. The van der Waals surface area contributed by atoms with Crippen LogP contribution in [0.1, 0.15) is 31.2 Å². The first-order valence-electron chi connectivity index (χ1n) is 6.09. The van der Waals surface area contributed by atoms with Crippen molar-refractivity contribution in [3.63, 3.8) is 0 Å². The maximum atomic E-state index is 11.9. The summed E-state index contributed by atoms with van der Waals surface area (Å²) in [4.78, 5) is 11.9. The van der Waals surface area contributed by atoms with Crippen molar-refractivity contribution in [1.29, 1.82) is 0 Å². The zero-order chi connectivity index (χ0) is 14.1. The fourth-order valence-electron chi connectivity index (χ4n) is 1.53. The lowest BCUT2D eigenvalue weighted by molar-refractivity contribution is -0.146. The van der Waals surface area contributed by atoms with E-state index in [9.17, 15) is 13.6 Å². The van der Waals surface area contributed by atoms with Gasteiger partial charge < -0.3 is 9.29 Å². The lowest BCUT2D eigenvalue weighted by atomic mass is 10.0. The summed E-state index contributed by atoms with van der Waals surface area (Å²) in [6, 6.07) is 8.84. The molecule has 0 heterocycles. The SMILES string of the molecule is CCCCOC(=O)C(COS(=O)[O-])c1ccccc1. The summed E-state index contributed by atoms with van der Waals surface area (Å²) in [5, 5.41) is 0. The molecule has 0 saturated carbocycles. The molecule has 0 N–H and O–H groups in total. The summed E-state index contributed by atoms with van der Waals surface area (Å²) in [5.41, 5.74) is 0.675. The quantitative estimate of drug-likeness (QED) is 0.414. The fourth-order valence-corrected chi connectivity index (χ4v) is 1.77. The number of ether oxygens (including phenoxy) is 1. The highest BCUT2D eigenvalue weighted by atomic mass is 32.2. The predicted octanol–water partition coefficient (Wildman–Crippen LogP) is 1.92. The van der Waals surface area contributed by atoms with Crippen LogP contribution in [-0.4, -0.2) is 27.9 Å². The molecule has 1 aromatic carbocycles. The minimum Gasteiger partial charge on any atom is -0.750 e. The Hall–Kier alpha value is -1.24. The molecule has 0 fully saturated rings. The number of hydrogen-bond acceptors (Lipinski definition) is 5. The van der Waals surface area contributed by atoms with E-state index in [1.54, 1.807) is 24.3 Å². The molecule has 0 radical (unpaired) electrons. The third kappa shape index (κ3) is 5.96. The van der Waals surface area contributed by atoms with E-state index in [-0.39, 0.29) is 6.61 Å². The Morgan fingerprint density at radius 3 is 2.63 bits per heavy atom. The second kappa shape index (κ2) is 8.79. The van der Waals surface area contributed by atoms with Gasteiger partial charge >= 0.3 is 5.97 Å². The van der Waals surface area contributed by atoms with Crippen LogP contribution in [0.4, 0.5) is 0 Å². The van der Waals surface area contributed by atoms with Crippen molar-refractivity contribution in [2.45, 2.75) is 25.7 Å². The molecule has 2 unspecified atom stereocenters. The number of esters is 1. The summed E-state index contributed by atoms with van der Waals surface area (Å²) in [5.74, 6) is -1.19. The molecule has 0 bridgehead atoms. The Morgan fingerprint density at radius 2 is 2.05 bits per heavy atom. The molecule has 0 aliphatic carbocycles. The van der Waals surface area contributed by atoms with Gasteiger partial charge in [0.25, 0.3) is 0 Å². The van der Waals surface area contributed by atoms with Crippen LogP contribution in [0.3, 0.4) is 0 Å². The van der Waals surface area contributed by atoms with Gasteiger partial charge in [-0.25, -0.2) is 4.21 Å². The highest BCUT2D eigenvalue weighted by Crippen LogP contribution is 2.18. The molecule has 6 heteroatoms. The van der Waals surface area contributed by atoms with Gasteiger partial charge in [0.05, 0.1) is 24.6 Å². The Labute approximate surface area is 115 Å². The first-order valence-corrected chi connectivity index (χ1v) is 7.09. The second-order valence-electron chi connectivity index (χ2n) is 3.97. The minimum absolute atomic E-state index is 0.245. The van der Waals surface area contributed by atoms with Gasteiger partial charge in [0, 0.05) is 0 Å². The standard InChI is InChI=1S/C13H18O5S/c1-2-3-9-17-13(14)12(10-18-19(15)16)11-7-5-4-6-8-11/h4-8,12H,2-3,9-10H2,1H3,(H,15,16)/p-1. The number of carbonyl (C=O) groups is 1. The zero-order valence-corrected chi connectivity index (χ0v) is 11.6. The maximum Gasteiger partial charge on any atom is 0.315 e. The van der Waals surface area contributed by atoms with Crippen molar-refractivity contribution >= 4 is 17.3 Å². The molecule has 0 aromatic heterocycles. The number of carbonyl (C=O) groups excluding carboxylic acids is 1. The Morgan fingerprint density at radius 1 is 1.37 bits per heavy atom. The van der Waals surface area contributed by atoms with Gasteiger partial charge in [-0.15, -0.1) is 0 Å². The van der Waals surface area contributed by atoms with E-state index >= 15 is 0 Å². The van der Waals surface area contributed by atoms with Crippen LogP contribution in [0.5, 0.6) is 0 Å². The van der Waals surface area contributed by atoms with E-state index in [1.807, 2.05) is 13.0 Å². The van der Waals surface area contributed by atoms with Crippen molar-refractivity contribution < 1.29 is 22.5 Å². The van der Waals surface area contributed by atoms with Crippen LogP contribution in [0.2, 0.25) is 0 Å². The number of rotatable bonds is 8. The summed E-state index contributed by atoms with van der Waals surface area (Å²) in [7, 11) is 0. The molecule has 0 aliphatic rings. The number of hydrogen-bond donors (Lipinski definition) is 0. The fraction of sp³-hybridized carbons (Fsp3) is 0.462. The molecule has 0 aliphatic heterocycles. The van der Waals surface area contributed by atoms with E-state index in [0.29, 0.717) is 12.2 Å². The minimum atomic E-state index is -2.64. The molecule has 0 saturated heterocycles. The van der Waals surface area contributed by atoms with Crippen LogP contribution in [-0.2, 0) is 25.1 Å². The highest BCUT2D eigenvalue weighted by Gasteiger charge is 2.22. The van der Waals surface area contributed by atoms with Crippen LogP contribution < -0.4 is 0 Å². The molecule has 2 atom stereocenters. The van der Waals surface area contributed by atoms with Crippen LogP contribution in [0.15, 0.2) is 30.3 Å². The molecule has 0 spiro atoms. The van der Waals surface area contributed by atoms with Crippen LogP contribution in [0, 0.1) is 0 Å². The lowest BCUT2D eigenvalue weighted by Crippen LogP contribution is -2.22. The average Bonchev–Trinajstić information content (AvgIpc) is 2.40. The third-order valence-electron chi connectivity index (χ3n) is 2.56. The average molecular weight is 285 g/mol. The molecule has 19 heavy (non-hydrogen) atoms. The Kier molecular flexibility index (Phi) is 7.32. The van der Waals surface area contributed by atoms with Crippen LogP contribution in [0.25, 0.3) is 0 Å². The maximum absolute atomic E-state index is 11.9. The molecule has 0 amide bonds. The van der Waals surface area contributed by atoms with E-state index in [2.05, 4.69) is 4.18 Å². The molecule has 106 valence electrons. The van der Waals surface area contributed by atoms with Gasteiger partial charge in [0.1, 0.15) is 5.92 Å². The van der Waals surface area contributed by atoms with Gasteiger partial charge in [-0.3, -0.25) is 8.98 Å². The second-order valence-corrected chi connectivity index (χ2v) is 4.62. The summed E-state index contributed by atoms with van der Waals surface area (Å²) in [6.07, 6.45) is 1.70. The van der Waals surface area contributed by atoms with E-state index in [0.717, 1.165) is 12.8 Å². The van der Waals surface area contributed by atoms with E-state index in [1.165, 1.54) is 0 Å². The first kappa shape index (κ1) is 15.8. The third-order valence-corrected chi connectivity index (χ3v) is 2.89. The van der Waals surface area contributed by atoms with Gasteiger partial charge in [0.15, 0.2) is 0 Å². The summed E-state index contributed by atoms with van der Waals surface area (Å²) < 4.78 is 30.5. The Balaban J connectivity index is 2.69. The normalized spacial score (nSPS) is 13.8. The largest absolute Gasteiger partial charge is 0.750 e. The number of benzene rings is 1. The van der Waals surface area contributed by atoms with Crippen LogP contribution >= 0.6 is 0 Å². The first-order chi connectivity index (χ1) is 9.15. The van der Waals surface area contributed by atoms with Crippen molar-refractivity contribution in [3.05, 3.63) is 35.9 Å². The number of unbranched alkanes of at least 4 members (excludes halogenated alkanes) is 1. The summed E-state index contributed by atoms with van der Waals surface area (Å²) >= 11 is -2.64. The smallest absolute Gasteiger partial charge is 0.315 e. The predicted molar refractivity (Wildman–Crippen MR) is 69.9 cm³/mol. The van der Waals surface area contributed by atoms with Crippen molar-refractivity contribution in [2.24, 2.45) is 0 Å². The van der Waals surface area contributed by atoms with Crippen molar-refractivity contribution in [3.8, 4) is 0 Å². The zero-order valence-electron chi connectivity index (χ0n) is 10.7. The van der Waals surface area contributed by atoms with Gasteiger partial charge in [-0.2, -0.15) is 0 Å². The summed E-state index contributed by atoms with van der Waals surface area (Å²) in [6.45, 7) is 2.08. The topological polar surface area (TPSA) is 75.7 Å². The van der Waals surface area contributed by atoms with E-state index < -0.39 is 23.2 Å². The van der Waals surface area contributed by atoms with Gasteiger partial charge in [-0.05, 0) is 12.0 Å². The van der Waals surface area contributed by atoms with Crippen molar-refractivity contribution in [2.75, 3.05) is 13.2 Å². The van der Waals surface area contributed by atoms with E-state index in [4.69, 9.17) is 4.74 Å².